The van der Waals surface area contributed by atoms with Gasteiger partial charge in [-0.05, 0) is 29.8 Å². The van der Waals surface area contributed by atoms with Crippen molar-refractivity contribution in [2.75, 3.05) is 11.9 Å². The second-order valence-electron chi connectivity index (χ2n) is 7.62. The van der Waals surface area contributed by atoms with Crippen molar-refractivity contribution in [2.45, 2.75) is 12.7 Å². The number of pyridine rings is 1. The summed E-state index contributed by atoms with van der Waals surface area (Å²) in [7, 11) is 0. The summed E-state index contributed by atoms with van der Waals surface area (Å²) in [5.74, 6) is -7.01. The van der Waals surface area contributed by atoms with E-state index in [4.69, 9.17) is 28.3 Å². The number of carboxylic acids is 1. The number of carboxylic acid groups (broad SMARTS) is 1. The molecule has 200 valence electrons. The largest absolute Gasteiger partial charge is 0.506 e. The molecule has 0 saturated carbocycles. The van der Waals surface area contributed by atoms with Crippen LogP contribution in [0.4, 0.5) is 18.9 Å². The van der Waals surface area contributed by atoms with Gasteiger partial charge in [0.25, 0.3) is 17.4 Å². The first-order chi connectivity index (χ1) is 17.7. The fraction of sp³-hybridized carbons (Fsp3) is 0.130. The minimum absolute atomic E-state index is 0.0128. The number of hydrogen-bond acceptors (Lipinski definition) is 6. The van der Waals surface area contributed by atoms with Crippen molar-refractivity contribution in [3.05, 3.63) is 85.1 Å². The summed E-state index contributed by atoms with van der Waals surface area (Å²) in [6.45, 7) is -1.56. The Morgan fingerprint density at radius 3 is 2.24 bits per heavy atom. The molecule has 1 aromatic heterocycles. The maximum absolute atomic E-state index is 13.4. The van der Waals surface area contributed by atoms with E-state index < -0.39 is 76.6 Å². The highest BCUT2D eigenvalue weighted by Gasteiger charge is 2.35. The predicted molar refractivity (Wildman–Crippen MR) is 129 cm³/mol. The third kappa shape index (κ3) is 6.01. The number of aliphatic carboxylic acids is 1. The quantitative estimate of drug-likeness (QED) is 0.288. The molecule has 38 heavy (non-hydrogen) atoms. The van der Waals surface area contributed by atoms with Crippen LogP contribution in [0.3, 0.4) is 0 Å². The summed E-state index contributed by atoms with van der Waals surface area (Å²) in [5.41, 5.74) is -5.55. The van der Waals surface area contributed by atoms with Crippen LogP contribution < -0.4 is 16.2 Å². The summed E-state index contributed by atoms with van der Waals surface area (Å²) in [6, 6.07) is 7.82. The molecule has 1 heterocycles. The third-order valence-corrected chi connectivity index (χ3v) is 5.68. The number of benzene rings is 2. The number of nitrogens with one attached hydrogen (secondary N) is 2. The number of carbonyl (C=O) groups is 3. The fourth-order valence-corrected chi connectivity index (χ4v) is 3.82. The van der Waals surface area contributed by atoms with E-state index in [1.807, 2.05) is 10.6 Å². The summed E-state index contributed by atoms with van der Waals surface area (Å²) in [4.78, 5) is 49.7. The zero-order chi connectivity index (χ0) is 28.4. The van der Waals surface area contributed by atoms with Crippen LogP contribution in [0, 0.1) is 0 Å². The van der Waals surface area contributed by atoms with Crippen LogP contribution in [0.5, 0.6) is 11.6 Å². The van der Waals surface area contributed by atoms with E-state index in [0.29, 0.717) is 10.6 Å². The monoisotopic (exact) mass is 573 g/mol. The van der Waals surface area contributed by atoms with E-state index in [1.165, 1.54) is 24.3 Å². The average Bonchev–Trinajstić information content (AvgIpc) is 2.81. The SMILES string of the molecule is O=C(O)CNC(=O)c1c(O)c(C(=O)Nc2ccccc2C(F)(F)F)c(=O)n(Cc2ccc(Cl)cc2Cl)c1O. The normalized spacial score (nSPS) is 11.2. The molecular formula is C23H16Cl2F3N3O7. The highest BCUT2D eigenvalue weighted by molar-refractivity contribution is 6.35. The number of carbonyl (C=O) groups excluding carboxylic acids is 2. The average molecular weight is 574 g/mol. The van der Waals surface area contributed by atoms with Gasteiger partial charge in [0.15, 0.2) is 5.75 Å². The van der Waals surface area contributed by atoms with Gasteiger partial charge < -0.3 is 26.0 Å². The van der Waals surface area contributed by atoms with Gasteiger partial charge >= 0.3 is 12.1 Å². The molecule has 2 amide bonds. The van der Waals surface area contributed by atoms with Crippen LogP contribution in [0.2, 0.25) is 10.0 Å². The van der Waals surface area contributed by atoms with Gasteiger partial charge in [-0.2, -0.15) is 13.2 Å². The zero-order valence-electron chi connectivity index (χ0n) is 18.8. The van der Waals surface area contributed by atoms with Crippen molar-refractivity contribution in [1.82, 2.24) is 9.88 Å². The molecular weight excluding hydrogens is 558 g/mol. The Balaban J connectivity index is 2.20. The van der Waals surface area contributed by atoms with Gasteiger partial charge in [-0.15, -0.1) is 0 Å². The van der Waals surface area contributed by atoms with Gasteiger partial charge in [-0.25, -0.2) is 0 Å². The molecule has 10 nitrogen and oxygen atoms in total. The number of para-hydroxylation sites is 1. The van der Waals surface area contributed by atoms with Crippen molar-refractivity contribution in [2.24, 2.45) is 0 Å². The van der Waals surface area contributed by atoms with E-state index in [9.17, 15) is 42.6 Å². The topological polar surface area (TPSA) is 158 Å². The van der Waals surface area contributed by atoms with Crippen LogP contribution in [-0.4, -0.2) is 44.2 Å². The molecule has 0 aliphatic rings. The molecule has 0 saturated heterocycles. The predicted octanol–water partition coefficient (Wildman–Crippen LogP) is 3.70. The molecule has 0 radical (unpaired) electrons. The standard InChI is InChI=1S/C23H16Cl2F3N3O7/c24-11-6-5-10(13(25)7-11)9-31-21(37)16(19(35)29-8-15(32)33)18(34)17(22(31)38)20(36)30-14-4-2-1-3-12(14)23(26,27)28/h1-7,34,37H,8-9H2,(H,29,35)(H,30,36)(H,32,33). The van der Waals surface area contributed by atoms with Crippen molar-refractivity contribution >= 4 is 46.7 Å². The molecule has 2 aromatic carbocycles. The Kier molecular flexibility index (Phi) is 8.22. The number of anilines is 1. The Labute approximate surface area is 220 Å². The first kappa shape index (κ1) is 28.3. The number of nitrogens with zero attached hydrogens (tertiary/aromatic N) is 1. The summed E-state index contributed by atoms with van der Waals surface area (Å²) in [5, 5.41) is 34.1. The maximum Gasteiger partial charge on any atom is 0.418 e. The van der Waals surface area contributed by atoms with Crippen LogP contribution in [0.25, 0.3) is 0 Å². The van der Waals surface area contributed by atoms with Crippen LogP contribution in [0.1, 0.15) is 31.8 Å². The lowest BCUT2D eigenvalue weighted by atomic mass is 10.1. The summed E-state index contributed by atoms with van der Waals surface area (Å²) < 4.78 is 40.6. The van der Waals surface area contributed by atoms with Gasteiger partial charge in [-0.3, -0.25) is 23.7 Å². The van der Waals surface area contributed by atoms with E-state index in [2.05, 4.69) is 0 Å². The third-order valence-electron chi connectivity index (χ3n) is 5.09. The molecule has 3 rings (SSSR count). The Hall–Kier alpha value is -4.23. The first-order valence-corrected chi connectivity index (χ1v) is 11.1. The lowest BCUT2D eigenvalue weighted by Crippen LogP contribution is -2.35. The number of rotatable bonds is 7. The van der Waals surface area contributed by atoms with E-state index in [1.54, 1.807) is 0 Å². The molecule has 0 aliphatic carbocycles. The van der Waals surface area contributed by atoms with Gasteiger partial charge in [0.2, 0.25) is 5.88 Å². The molecule has 0 spiro atoms. The number of aromatic nitrogens is 1. The second-order valence-corrected chi connectivity index (χ2v) is 8.47. The molecule has 0 unspecified atom stereocenters. The number of amides is 2. The fourth-order valence-electron chi connectivity index (χ4n) is 3.35. The highest BCUT2D eigenvalue weighted by Crippen LogP contribution is 2.35. The van der Waals surface area contributed by atoms with Gasteiger partial charge in [-0.1, -0.05) is 41.4 Å². The van der Waals surface area contributed by atoms with E-state index in [-0.39, 0.29) is 15.6 Å². The lowest BCUT2D eigenvalue weighted by Gasteiger charge is -2.18. The van der Waals surface area contributed by atoms with Crippen molar-refractivity contribution < 1.29 is 42.9 Å². The van der Waals surface area contributed by atoms with Crippen LogP contribution >= 0.6 is 23.2 Å². The van der Waals surface area contributed by atoms with E-state index in [0.717, 1.165) is 12.1 Å². The zero-order valence-corrected chi connectivity index (χ0v) is 20.3. The highest BCUT2D eigenvalue weighted by atomic mass is 35.5. The minimum Gasteiger partial charge on any atom is -0.506 e. The Morgan fingerprint density at radius 2 is 1.63 bits per heavy atom. The second kappa shape index (κ2) is 11.0. The van der Waals surface area contributed by atoms with Crippen LogP contribution in [-0.2, 0) is 17.5 Å². The first-order valence-electron chi connectivity index (χ1n) is 10.3. The van der Waals surface area contributed by atoms with Crippen LogP contribution in [0.15, 0.2) is 47.3 Å². The number of aromatic hydroxyl groups is 2. The lowest BCUT2D eigenvalue weighted by molar-refractivity contribution is -0.137. The molecule has 5 N–H and O–H groups in total. The molecule has 0 aliphatic heterocycles. The molecule has 0 fully saturated rings. The molecule has 0 bridgehead atoms. The molecule has 0 atom stereocenters. The van der Waals surface area contributed by atoms with Gasteiger partial charge in [0, 0.05) is 10.0 Å². The maximum atomic E-state index is 13.4. The molecule has 15 heteroatoms. The van der Waals surface area contributed by atoms with E-state index >= 15 is 0 Å². The van der Waals surface area contributed by atoms with Crippen molar-refractivity contribution in [3.8, 4) is 11.6 Å². The van der Waals surface area contributed by atoms with Crippen molar-refractivity contribution in [3.63, 3.8) is 0 Å². The number of halogens is 5. The van der Waals surface area contributed by atoms with Gasteiger partial charge in [0.05, 0.1) is 17.8 Å². The van der Waals surface area contributed by atoms with Gasteiger partial charge in [0.1, 0.15) is 17.7 Å². The smallest absolute Gasteiger partial charge is 0.418 e. The van der Waals surface area contributed by atoms with Crippen molar-refractivity contribution in [1.29, 1.82) is 0 Å². The summed E-state index contributed by atoms with van der Waals surface area (Å²) >= 11 is 12.0. The Morgan fingerprint density at radius 1 is 0.974 bits per heavy atom. The Bertz CT molecular complexity index is 1510. The molecule has 3 aromatic rings. The number of hydrogen-bond donors (Lipinski definition) is 5. The summed E-state index contributed by atoms with van der Waals surface area (Å²) in [6.07, 6.45) is -4.89. The number of alkyl halides is 3. The minimum atomic E-state index is -4.89.